The van der Waals surface area contributed by atoms with E-state index in [1.807, 2.05) is 6.92 Å². The van der Waals surface area contributed by atoms with Crippen molar-refractivity contribution in [2.45, 2.75) is 70.6 Å². The average molecular weight is 433 g/mol. The van der Waals surface area contributed by atoms with Gasteiger partial charge in [-0.25, -0.2) is 0 Å². The Labute approximate surface area is 192 Å². The normalized spacial score (nSPS) is 28.0. The largest absolute Gasteiger partial charge is 0.494 e. The maximum atomic E-state index is 11.7. The van der Waals surface area contributed by atoms with Crippen LogP contribution in [0, 0.1) is 17.8 Å². The van der Waals surface area contributed by atoms with Crippen LogP contribution in [0.3, 0.4) is 0 Å². The second-order valence-electron chi connectivity index (χ2n) is 10.3. The van der Waals surface area contributed by atoms with Gasteiger partial charge < -0.3 is 9.47 Å². The number of benzene rings is 2. The Morgan fingerprint density at radius 2 is 1.50 bits per heavy atom. The minimum Gasteiger partial charge on any atom is -0.494 e. The van der Waals surface area contributed by atoms with Crippen LogP contribution in [0.1, 0.15) is 69.9 Å². The van der Waals surface area contributed by atoms with Gasteiger partial charge in [0.25, 0.3) is 0 Å². The maximum absolute atomic E-state index is 11.7. The summed E-state index contributed by atoms with van der Waals surface area (Å²) in [6, 6.07) is 15.5. The van der Waals surface area contributed by atoms with Crippen LogP contribution in [0.25, 0.3) is 11.1 Å². The Morgan fingerprint density at radius 3 is 2.09 bits per heavy atom. The van der Waals surface area contributed by atoms with E-state index in [0.717, 1.165) is 29.9 Å². The predicted molar refractivity (Wildman–Crippen MR) is 128 cm³/mol. The predicted octanol–water partition coefficient (Wildman–Crippen LogP) is 6.72. The number of aryl methyl sites for hydroxylation is 1. The second kappa shape index (κ2) is 8.92. The zero-order valence-electron chi connectivity index (χ0n) is 19.6. The SMILES string of the molecule is CCOC(=O)CCc1ccc(-c2ccc(OCC)c(C34CC5CC(CC(C5)C3)C4)c2)cc1. The third kappa shape index (κ3) is 4.19. The van der Waals surface area contributed by atoms with Gasteiger partial charge in [0, 0.05) is 12.0 Å². The fourth-order valence-corrected chi connectivity index (χ4v) is 7.19. The van der Waals surface area contributed by atoms with E-state index in [9.17, 15) is 4.79 Å². The summed E-state index contributed by atoms with van der Waals surface area (Å²) in [6.07, 6.45) is 9.55. The van der Waals surface area contributed by atoms with Crippen LogP contribution in [0.5, 0.6) is 5.75 Å². The first-order valence-corrected chi connectivity index (χ1v) is 12.6. The van der Waals surface area contributed by atoms with Crippen LogP contribution in [0.4, 0.5) is 0 Å². The van der Waals surface area contributed by atoms with E-state index in [2.05, 4.69) is 49.4 Å². The van der Waals surface area contributed by atoms with E-state index in [4.69, 9.17) is 9.47 Å². The van der Waals surface area contributed by atoms with Crippen molar-refractivity contribution in [3.63, 3.8) is 0 Å². The van der Waals surface area contributed by atoms with Crippen molar-refractivity contribution in [2.75, 3.05) is 13.2 Å². The van der Waals surface area contributed by atoms with Gasteiger partial charge in [0.05, 0.1) is 13.2 Å². The van der Waals surface area contributed by atoms with Crippen molar-refractivity contribution in [3.8, 4) is 16.9 Å². The molecule has 0 aromatic heterocycles. The zero-order chi connectivity index (χ0) is 22.1. The molecule has 0 aliphatic heterocycles. The summed E-state index contributed by atoms with van der Waals surface area (Å²) in [6.45, 7) is 5.10. The molecule has 2 aromatic rings. The molecule has 4 aliphatic rings. The molecule has 32 heavy (non-hydrogen) atoms. The van der Waals surface area contributed by atoms with E-state index >= 15 is 0 Å². The molecule has 3 heteroatoms. The average Bonchev–Trinajstić information content (AvgIpc) is 2.78. The van der Waals surface area contributed by atoms with Gasteiger partial charge in [-0.3, -0.25) is 4.79 Å². The van der Waals surface area contributed by atoms with Gasteiger partial charge in [-0.2, -0.15) is 0 Å². The van der Waals surface area contributed by atoms with Gasteiger partial charge in [0.1, 0.15) is 5.75 Å². The molecule has 0 radical (unpaired) electrons. The molecule has 0 heterocycles. The van der Waals surface area contributed by atoms with Crippen LogP contribution < -0.4 is 4.74 Å². The maximum Gasteiger partial charge on any atom is 0.306 e. The minimum atomic E-state index is -0.122. The number of esters is 1. The summed E-state index contributed by atoms with van der Waals surface area (Å²) in [4.78, 5) is 11.7. The second-order valence-corrected chi connectivity index (χ2v) is 10.3. The lowest BCUT2D eigenvalue weighted by molar-refractivity contribution is -0.143. The molecule has 4 saturated carbocycles. The van der Waals surface area contributed by atoms with E-state index < -0.39 is 0 Å². The molecule has 0 N–H and O–H groups in total. The topological polar surface area (TPSA) is 35.5 Å². The number of carbonyl (C=O) groups excluding carboxylic acids is 1. The number of carbonyl (C=O) groups is 1. The van der Waals surface area contributed by atoms with Crippen molar-refractivity contribution in [2.24, 2.45) is 17.8 Å². The molecular weight excluding hydrogens is 396 g/mol. The lowest BCUT2D eigenvalue weighted by Gasteiger charge is -2.57. The molecular formula is C29H36O3. The Bertz CT molecular complexity index is 924. The molecule has 6 rings (SSSR count). The monoisotopic (exact) mass is 432 g/mol. The summed E-state index contributed by atoms with van der Waals surface area (Å²) in [7, 11) is 0. The number of hydrogen-bond donors (Lipinski definition) is 0. The highest BCUT2D eigenvalue weighted by molar-refractivity contribution is 5.70. The molecule has 4 bridgehead atoms. The molecule has 0 atom stereocenters. The Balaban J connectivity index is 1.41. The summed E-state index contributed by atoms with van der Waals surface area (Å²) in [5.41, 5.74) is 5.46. The van der Waals surface area contributed by atoms with E-state index in [1.54, 1.807) is 0 Å². The van der Waals surface area contributed by atoms with Gasteiger partial charge in [-0.05, 0) is 111 Å². The van der Waals surface area contributed by atoms with Gasteiger partial charge in [-0.1, -0.05) is 30.3 Å². The van der Waals surface area contributed by atoms with Crippen molar-refractivity contribution in [1.82, 2.24) is 0 Å². The van der Waals surface area contributed by atoms with Crippen LogP contribution >= 0.6 is 0 Å². The molecule has 4 fully saturated rings. The van der Waals surface area contributed by atoms with Gasteiger partial charge in [0.2, 0.25) is 0 Å². The highest BCUT2D eigenvalue weighted by Crippen LogP contribution is 2.62. The van der Waals surface area contributed by atoms with Crippen molar-refractivity contribution in [3.05, 3.63) is 53.6 Å². The van der Waals surface area contributed by atoms with Crippen LogP contribution in [0.2, 0.25) is 0 Å². The Hall–Kier alpha value is -2.29. The first-order chi connectivity index (χ1) is 15.6. The standard InChI is InChI=1S/C29H36O3/c1-3-31-27-11-10-25(24-8-5-20(6-9-24)7-12-28(30)32-4-2)16-26(27)29-17-21-13-22(18-29)15-23(14-21)19-29/h5-6,8-11,16,21-23H,3-4,7,12-15,17-19H2,1-2H3. The fourth-order valence-electron chi connectivity index (χ4n) is 7.19. The molecule has 0 spiro atoms. The van der Waals surface area contributed by atoms with Crippen molar-refractivity contribution in [1.29, 1.82) is 0 Å². The summed E-state index contributed by atoms with van der Waals surface area (Å²) in [5, 5.41) is 0. The molecule has 0 amide bonds. The van der Waals surface area contributed by atoms with Crippen molar-refractivity contribution < 1.29 is 14.3 Å². The smallest absolute Gasteiger partial charge is 0.306 e. The Morgan fingerprint density at radius 1 is 0.875 bits per heavy atom. The van der Waals surface area contributed by atoms with Crippen LogP contribution in [0.15, 0.2) is 42.5 Å². The molecule has 3 nitrogen and oxygen atoms in total. The first-order valence-electron chi connectivity index (χ1n) is 12.6. The highest BCUT2D eigenvalue weighted by atomic mass is 16.5. The van der Waals surface area contributed by atoms with Crippen LogP contribution in [-0.4, -0.2) is 19.2 Å². The first kappa shape index (κ1) is 21.6. The number of hydrogen-bond acceptors (Lipinski definition) is 3. The molecule has 0 saturated heterocycles. The molecule has 0 unspecified atom stereocenters. The Kier molecular flexibility index (Phi) is 6.01. The molecule has 4 aliphatic carbocycles. The summed E-state index contributed by atoms with van der Waals surface area (Å²) in [5.74, 6) is 3.72. The quantitative estimate of drug-likeness (QED) is 0.435. The lowest BCUT2D eigenvalue weighted by atomic mass is 9.48. The lowest BCUT2D eigenvalue weighted by Crippen LogP contribution is -2.48. The zero-order valence-corrected chi connectivity index (χ0v) is 19.6. The number of rotatable bonds is 8. The summed E-state index contributed by atoms with van der Waals surface area (Å²) >= 11 is 0. The van der Waals surface area contributed by atoms with Gasteiger partial charge >= 0.3 is 5.97 Å². The van der Waals surface area contributed by atoms with Crippen LogP contribution in [-0.2, 0) is 21.4 Å². The van der Waals surface area contributed by atoms with Gasteiger partial charge in [0.15, 0.2) is 0 Å². The van der Waals surface area contributed by atoms with Gasteiger partial charge in [-0.15, -0.1) is 0 Å². The van der Waals surface area contributed by atoms with E-state index in [1.165, 1.54) is 60.8 Å². The fraction of sp³-hybridized carbons (Fsp3) is 0.552. The third-order valence-electron chi connectivity index (χ3n) is 8.10. The minimum absolute atomic E-state index is 0.122. The highest BCUT2D eigenvalue weighted by Gasteiger charge is 2.52. The molecule has 2 aromatic carbocycles. The van der Waals surface area contributed by atoms with E-state index in [-0.39, 0.29) is 5.97 Å². The van der Waals surface area contributed by atoms with Crippen molar-refractivity contribution >= 4 is 5.97 Å². The molecule has 170 valence electrons. The summed E-state index contributed by atoms with van der Waals surface area (Å²) < 4.78 is 11.2. The number of ether oxygens (including phenoxy) is 2. The third-order valence-corrected chi connectivity index (χ3v) is 8.10. The van der Waals surface area contributed by atoms with E-state index in [0.29, 0.717) is 25.0 Å².